The molecule has 1 aliphatic rings. The molecule has 6 nitrogen and oxygen atoms in total. The van der Waals surface area contributed by atoms with Crippen molar-refractivity contribution in [2.24, 2.45) is 0 Å². The Morgan fingerprint density at radius 2 is 1.93 bits per heavy atom. The standard InChI is InChI=1S/C19H18F2N4O2/c1-26-15-4-2-3-13(9-15)16-10-17(25-19(24-16)22-11-23-25)12-5-7-14(8-6-12)27-18(20)21/h2-9,11,16-18H,10H2,1H3,(H,22,23,24)/t16-,17+/m0/s1. The van der Waals surface area contributed by atoms with Gasteiger partial charge >= 0.3 is 6.61 Å². The number of anilines is 1. The molecule has 2 atom stereocenters. The van der Waals surface area contributed by atoms with Crippen LogP contribution in [0.25, 0.3) is 0 Å². The highest BCUT2D eigenvalue weighted by molar-refractivity contribution is 5.41. The lowest BCUT2D eigenvalue weighted by Gasteiger charge is -2.32. The van der Waals surface area contributed by atoms with Crippen molar-refractivity contribution in [3.8, 4) is 11.5 Å². The van der Waals surface area contributed by atoms with Crippen molar-refractivity contribution in [1.29, 1.82) is 0 Å². The fraction of sp³-hybridized carbons (Fsp3) is 0.263. The normalized spacial score (nSPS) is 18.7. The number of rotatable bonds is 5. The van der Waals surface area contributed by atoms with E-state index in [2.05, 4.69) is 20.1 Å². The summed E-state index contributed by atoms with van der Waals surface area (Å²) in [6, 6.07) is 14.4. The van der Waals surface area contributed by atoms with E-state index in [-0.39, 0.29) is 17.8 Å². The van der Waals surface area contributed by atoms with Crippen LogP contribution in [0.5, 0.6) is 11.5 Å². The third-order valence-corrected chi connectivity index (χ3v) is 4.62. The van der Waals surface area contributed by atoms with Gasteiger partial charge in [-0.05, 0) is 41.8 Å². The number of halogens is 2. The Balaban J connectivity index is 1.64. The smallest absolute Gasteiger partial charge is 0.387 e. The van der Waals surface area contributed by atoms with E-state index in [9.17, 15) is 8.78 Å². The van der Waals surface area contributed by atoms with Gasteiger partial charge in [0.1, 0.15) is 17.8 Å². The minimum atomic E-state index is -2.84. The Hall–Kier alpha value is -3.16. The van der Waals surface area contributed by atoms with Crippen molar-refractivity contribution in [3.05, 3.63) is 66.0 Å². The second-order valence-electron chi connectivity index (χ2n) is 6.20. The van der Waals surface area contributed by atoms with Crippen molar-refractivity contribution in [2.45, 2.75) is 25.1 Å². The molecule has 0 spiro atoms. The predicted octanol–water partition coefficient (Wildman–Crippen LogP) is 4.03. The zero-order chi connectivity index (χ0) is 18.8. The Morgan fingerprint density at radius 3 is 2.67 bits per heavy atom. The second kappa shape index (κ2) is 7.22. The largest absolute Gasteiger partial charge is 0.497 e. The van der Waals surface area contributed by atoms with E-state index in [4.69, 9.17) is 4.74 Å². The highest BCUT2D eigenvalue weighted by Crippen LogP contribution is 2.38. The first kappa shape index (κ1) is 17.3. The lowest BCUT2D eigenvalue weighted by Crippen LogP contribution is -2.28. The molecule has 2 heterocycles. The monoisotopic (exact) mass is 372 g/mol. The van der Waals surface area contributed by atoms with E-state index in [0.29, 0.717) is 5.95 Å². The summed E-state index contributed by atoms with van der Waals surface area (Å²) in [7, 11) is 1.63. The summed E-state index contributed by atoms with van der Waals surface area (Å²) in [5, 5.41) is 7.71. The van der Waals surface area contributed by atoms with Crippen LogP contribution in [0.1, 0.15) is 29.6 Å². The number of ether oxygens (including phenoxy) is 2. The molecule has 1 aliphatic heterocycles. The number of hydrogen-bond acceptors (Lipinski definition) is 5. The maximum atomic E-state index is 12.4. The molecule has 4 rings (SSSR count). The number of hydrogen-bond donors (Lipinski definition) is 1. The lowest BCUT2D eigenvalue weighted by molar-refractivity contribution is -0.0498. The average Bonchev–Trinajstić information content (AvgIpc) is 3.16. The Kier molecular flexibility index (Phi) is 4.62. The number of aromatic nitrogens is 3. The first-order valence-corrected chi connectivity index (χ1v) is 8.49. The van der Waals surface area contributed by atoms with Gasteiger partial charge in [0.25, 0.3) is 0 Å². The van der Waals surface area contributed by atoms with E-state index in [0.717, 1.165) is 23.3 Å². The van der Waals surface area contributed by atoms with Crippen molar-refractivity contribution < 1.29 is 18.3 Å². The molecule has 0 bridgehead atoms. The third-order valence-electron chi connectivity index (χ3n) is 4.62. The van der Waals surface area contributed by atoms with Gasteiger partial charge in [-0.25, -0.2) is 4.68 Å². The first-order valence-electron chi connectivity index (χ1n) is 8.49. The van der Waals surface area contributed by atoms with Gasteiger partial charge in [0.2, 0.25) is 5.95 Å². The van der Waals surface area contributed by atoms with Crippen molar-refractivity contribution in [3.63, 3.8) is 0 Å². The summed E-state index contributed by atoms with van der Waals surface area (Å²) in [5.74, 6) is 1.57. The molecular weight excluding hydrogens is 354 g/mol. The summed E-state index contributed by atoms with van der Waals surface area (Å²) in [6.45, 7) is -2.84. The fourth-order valence-electron chi connectivity index (χ4n) is 3.35. The van der Waals surface area contributed by atoms with Gasteiger partial charge in [0.15, 0.2) is 0 Å². The molecule has 27 heavy (non-hydrogen) atoms. The van der Waals surface area contributed by atoms with E-state index >= 15 is 0 Å². The van der Waals surface area contributed by atoms with Gasteiger partial charge in [0, 0.05) is 0 Å². The van der Waals surface area contributed by atoms with Crippen molar-refractivity contribution in [2.75, 3.05) is 12.4 Å². The van der Waals surface area contributed by atoms with Crippen LogP contribution >= 0.6 is 0 Å². The lowest BCUT2D eigenvalue weighted by atomic mass is 9.93. The topological polar surface area (TPSA) is 61.2 Å². The van der Waals surface area contributed by atoms with Crippen molar-refractivity contribution in [1.82, 2.24) is 14.8 Å². The molecule has 0 unspecified atom stereocenters. The molecule has 1 N–H and O–H groups in total. The number of benzene rings is 2. The number of alkyl halides is 2. The third kappa shape index (κ3) is 3.55. The highest BCUT2D eigenvalue weighted by Gasteiger charge is 2.30. The quantitative estimate of drug-likeness (QED) is 0.733. The second-order valence-corrected chi connectivity index (χ2v) is 6.20. The molecule has 140 valence electrons. The Morgan fingerprint density at radius 1 is 1.11 bits per heavy atom. The maximum Gasteiger partial charge on any atom is 0.387 e. The highest BCUT2D eigenvalue weighted by atomic mass is 19.3. The van der Waals surface area contributed by atoms with Crippen LogP contribution in [0, 0.1) is 0 Å². The Labute approximate surface area is 154 Å². The molecule has 0 aliphatic carbocycles. The molecule has 0 radical (unpaired) electrons. The SMILES string of the molecule is COc1cccc([C@@H]2C[C@H](c3ccc(OC(F)F)cc3)n3ncnc3N2)c1. The summed E-state index contributed by atoms with van der Waals surface area (Å²) in [4.78, 5) is 4.29. The average molecular weight is 372 g/mol. The van der Waals surface area contributed by atoms with Gasteiger partial charge in [0.05, 0.1) is 19.2 Å². The van der Waals surface area contributed by atoms with Crippen LogP contribution in [-0.2, 0) is 0 Å². The van der Waals surface area contributed by atoms with Crippen molar-refractivity contribution >= 4 is 5.95 Å². The molecule has 0 saturated carbocycles. The number of nitrogens with one attached hydrogen (secondary N) is 1. The van der Waals surface area contributed by atoms with Crippen LogP contribution in [0.2, 0.25) is 0 Å². The van der Waals surface area contributed by atoms with E-state index < -0.39 is 6.61 Å². The van der Waals surface area contributed by atoms with E-state index in [1.54, 1.807) is 36.1 Å². The molecule has 8 heteroatoms. The summed E-state index contributed by atoms with van der Waals surface area (Å²) in [6.07, 6.45) is 2.22. The van der Waals surface area contributed by atoms with E-state index in [1.807, 2.05) is 24.3 Å². The Bertz CT molecular complexity index is 914. The minimum Gasteiger partial charge on any atom is -0.497 e. The molecule has 2 aromatic carbocycles. The number of nitrogens with zero attached hydrogens (tertiary/aromatic N) is 3. The number of fused-ring (bicyclic) bond motifs is 1. The molecule has 0 fully saturated rings. The van der Waals surface area contributed by atoms with Gasteiger partial charge in [-0.15, -0.1) is 0 Å². The molecular formula is C19H18F2N4O2. The van der Waals surface area contributed by atoms with Gasteiger partial charge in [-0.3, -0.25) is 0 Å². The summed E-state index contributed by atoms with van der Waals surface area (Å²) >= 11 is 0. The van der Waals surface area contributed by atoms with E-state index in [1.165, 1.54) is 6.33 Å². The minimum absolute atomic E-state index is 0.0128. The molecule has 0 amide bonds. The van der Waals surface area contributed by atoms with Crippen LogP contribution in [-0.4, -0.2) is 28.5 Å². The van der Waals surface area contributed by atoms with Crippen LogP contribution in [0.15, 0.2) is 54.9 Å². The molecule has 0 saturated heterocycles. The van der Waals surface area contributed by atoms with Crippen LogP contribution in [0.3, 0.4) is 0 Å². The summed E-state index contributed by atoms with van der Waals surface area (Å²) < 4.78 is 36.3. The zero-order valence-electron chi connectivity index (χ0n) is 14.5. The molecule has 1 aromatic heterocycles. The molecule has 3 aromatic rings. The van der Waals surface area contributed by atoms with Gasteiger partial charge in [-0.1, -0.05) is 24.3 Å². The number of methoxy groups -OCH3 is 1. The van der Waals surface area contributed by atoms with Gasteiger partial charge < -0.3 is 14.8 Å². The van der Waals surface area contributed by atoms with Gasteiger partial charge in [-0.2, -0.15) is 18.9 Å². The predicted molar refractivity (Wildman–Crippen MR) is 95.2 cm³/mol. The maximum absolute atomic E-state index is 12.4. The van der Waals surface area contributed by atoms with Crippen LogP contribution in [0.4, 0.5) is 14.7 Å². The first-order chi connectivity index (χ1) is 13.1. The fourth-order valence-corrected chi connectivity index (χ4v) is 3.35. The van der Waals surface area contributed by atoms with Crippen LogP contribution < -0.4 is 14.8 Å². The zero-order valence-corrected chi connectivity index (χ0v) is 14.5. The summed E-state index contributed by atoms with van der Waals surface area (Å²) in [5.41, 5.74) is 2.02.